The van der Waals surface area contributed by atoms with E-state index in [9.17, 15) is 4.79 Å². The van der Waals surface area contributed by atoms with Crippen LogP contribution in [0, 0.1) is 5.41 Å². The quantitative estimate of drug-likeness (QED) is 0.558. The molecule has 79 valence electrons. The molecule has 1 fully saturated rings. The van der Waals surface area contributed by atoms with Crippen molar-refractivity contribution in [2.75, 3.05) is 13.2 Å². The van der Waals surface area contributed by atoms with Crippen LogP contribution in [0.3, 0.4) is 0 Å². The van der Waals surface area contributed by atoms with Crippen LogP contribution in [0.5, 0.6) is 0 Å². The Balaban J connectivity index is 2.27. The third-order valence-corrected chi connectivity index (χ3v) is 3.75. The summed E-state index contributed by atoms with van der Waals surface area (Å²) in [6.45, 7) is 2.49. The summed E-state index contributed by atoms with van der Waals surface area (Å²) in [6, 6.07) is 0. The van der Waals surface area contributed by atoms with Gasteiger partial charge in [-0.25, -0.2) is 0 Å². The lowest BCUT2D eigenvalue weighted by atomic mass is 10.2. The first-order valence-electron chi connectivity index (χ1n) is 4.08. The van der Waals surface area contributed by atoms with E-state index in [0.717, 1.165) is 5.54 Å². The fourth-order valence-corrected chi connectivity index (χ4v) is 1.88. The van der Waals surface area contributed by atoms with E-state index >= 15 is 0 Å². The van der Waals surface area contributed by atoms with E-state index in [4.69, 9.17) is 39.5 Å². The molecule has 1 rings (SSSR count). The van der Waals surface area contributed by atoms with Crippen LogP contribution < -0.4 is 0 Å². The molecule has 0 N–H and O–H groups in total. The number of hydrogen-bond acceptors (Lipinski definition) is 2. The second kappa shape index (κ2) is 4.40. The third-order valence-electron chi connectivity index (χ3n) is 2.31. The molecule has 1 atom stereocenters. The maximum atomic E-state index is 10.2. The van der Waals surface area contributed by atoms with Crippen LogP contribution >= 0.6 is 34.8 Å². The van der Waals surface area contributed by atoms with Gasteiger partial charge in [0.25, 0.3) is 0 Å². The highest BCUT2D eigenvalue weighted by atomic mass is 35.5. The standard InChI is InChI=1S/C9H10Cl3O2/c1-8(5-9(8,11)12)6-14-4-7(2-10)3-13/h2H,4-6H2,1H3. The van der Waals surface area contributed by atoms with Crippen LogP contribution in [0.4, 0.5) is 0 Å². The van der Waals surface area contributed by atoms with Gasteiger partial charge in [0.15, 0.2) is 0 Å². The van der Waals surface area contributed by atoms with Gasteiger partial charge in [0.1, 0.15) is 4.33 Å². The molecule has 0 bridgehead atoms. The molecule has 2 nitrogen and oxygen atoms in total. The Morgan fingerprint density at radius 3 is 2.57 bits per heavy atom. The van der Waals surface area contributed by atoms with Crippen LogP contribution in [-0.2, 0) is 9.53 Å². The summed E-state index contributed by atoms with van der Waals surface area (Å²) < 4.78 is 4.56. The van der Waals surface area contributed by atoms with Gasteiger partial charge in [-0.2, -0.15) is 0 Å². The molecule has 0 heterocycles. The molecule has 5 heteroatoms. The van der Waals surface area contributed by atoms with Crippen molar-refractivity contribution in [2.45, 2.75) is 17.7 Å². The lowest BCUT2D eigenvalue weighted by Crippen LogP contribution is -2.14. The zero-order chi connectivity index (χ0) is 10.8. The number of carbonyl (C=O) groups excluding carboxylic acids is 1. The van der Waals surface area contributed by atoms with Crippen molar-refractivity contribution in [3.8, 4) is 0 Å². The molecule has 1 unspecified atom stereocenters. The Bertz CT molecular complexity index is 263. The molecular formula is C9H10Cl3O2. The minimum absolute atomic E-state index is 0.145. The average Bonchev–Trinajstić information content (AvgIpc) is 2.60. The Hall–Kier alpha value is 0.240. The van der Waals surface area contributed by atoms with Gasteiger partial charge in [-0.05, 0) is 6.42 Å². The van der Waals surface area contributed by atoms with Crippen molar-refractivity contribution >= 4 is 41.1 Å². The summed E-state index contributed by atoms with van der Waals surface area (Å²) in [6.07, 6.45) is 2.37. The molecule has 0 amide bonds. The highest BCUT2D eigenvalue weighted by molar-refractivity contribution is 6.51. The van der Waals surface area contributed by atoms with E-state index in [0.29, 0.717) is 13.0 Å². The van der Waals surface area contributed by atoms with Crippen LogP contribution in [-0.4, -0.2) is 23.8 Å². The molecule has 1 radical (unpaired) electrons. The van der Waals surface area contributed by atoms with Gasteiger partial charge < -0.3 is 4.74 Å². The molecule has 0 aliphatic heterocycles. The minimum atomic E-state index is -0.692. The molecule has 0 spiro atoms. The first kappa shape index (κ1) is 12.3. The summed E-state index contributed by atoms with van der Waals surface area (Å²) in [5.74, 6) is 0. The van der Waals surface area contributed by atoms with Crippen molar-refractivity contribution in [1.82, 2.24) is 0 Å². The fourth-order valence-electron chi connectivity index (χ4n) is 1.07. The lowest BCUT2D eigenvalue weighted by Gasteiger charge is -2.11. The predicted molar refractivity (Wildman–Crippen MR) is 57.6 cm³/mol. The fraction of sp³-hybridized carbons (Fsp3) is 0.667. The molecule has 1 aliphatic carbocycles. The van der Waals surface area contributed by atoms with E-state index in [1.165, 1.54) is 0 Å². The van der Waals surface area contributed by atoms with Crippen molar-refractivity contribution in [2.24, 2.45) is 5.41 Å². The van der Waals surface area contributed by atoms with Gasteiger partial charge in [-0.15, -0.1) is 23.2 Å². The van der Waals surface area contributed by atoms with Gasteiger partial charge in [-0.1, -0.05) is 18.5 Å². The predicted octanol–water partition coefficient (Wildman–Crippen LogP) is 2.82. The Kier molecular flexibility index (Phi) is 3.87. The van der Waals surface area contributed by atoms with E-state index in [-0.39, 0.29) is 17.6 Å². The van der Waals surface area contributed by atoms with Crippen LogP contribution in [0.2, 0.25) is 0 Å². The molecule has 0 aromatic rings. The topological polar surface area (TPSA) is 26.3 Å². The van der Waals surface area contributed by atoms with Crippen molar-refractivity contribution in [3.05, 3.63) is 11.1 Å². The maximum absolute atomic E-state index is 10.2. The van der Waals surface area contributed by atoms with E-state index in [1.54, 1.807) is 6.29 Å². The monoisotopic (exact) mass is 255 g/mol. The second-order valence-corrected chi connectivity index (χ2v) is 5.37. The summed E-state index contributed by atoms with van der Waals surface area (Å²) in [5.41, 5.74) is 1.22. The largest absolute Gasteiger partial charge is 0.376 e. The summed E-state index contributed by atoms with van der Waals surface area (Å²) in [5, 5.41) is 0. The number of halogens is 3. The number of alkyl halides is 2. The number of hydrogen-bond donors (Lipinski definition) is 0. The first-order valence-corrected chi connectivity index (χ1v) is 5.27. The summed E-state index contributed by atoms with van der Waals surface area (Å²) in [4.78, 5) is 10.2. The maximum Gasteiger partial charge on any atom is 0.232 e. The van der Waals surface area contributed by atoms with Crippen molar-refractivity contribution in [1.29, 1.82) is 0 Å². The lowest BCUT2D eigenvalue weighted by molar-refractivity contribution is 0.116. The molecule has 1 aliphatic rings. The van der Waals surface area contributed by atoms with E-state index in [2.05, 4.69) is 0 Å². The highest BCUT2D eigenvalue weighted by Crippen LogP contribution is 2.63. The van der Waals surface area contributed by atoms with Gasteiger partial charge >= 0.3 is 0 Å². The molecule has 0 saturated heterocycles. The number of ether oxygens (including phenoxy) is 1. The van der Waals surface area contributed by atoms with E-state index < -0.39 is 4.33 Å². The van der Waals surface area contributed by atoms with Crippen molar-refractivity contribution in [3.63, 3.8) is 0 Å². The van der Waals surface area contributed by atoms with Gasteiger partial charge in [0.05, 0.1) is 13.2 Å². The highest BCUT2D eigenvalue weighted by Gasteiger charge is 2.62. The number of rotatable bonds is 5. The molecule has 0 aromatic heterocycles. The molecule has 1 saturated carbocycles. The third kappa shape index (κ3) is 2.63. The summed E-state index contributed by atoms with van der Waals surface area (Å²) in [7, 11) is 0. The normalized spacial score (nSPS) is 30.1. The first-order chi connectivity index (χ1) is 6.45. The van der Waals surface area contributed by atoms with Gasteiger partial charge in [-0.3, -0.25) is 4.79 Å². The van der Waals surface area contributed by atoms with Gasteiger partial charge in [0.2, 0.25) is 6.29 Å². The molecule has 0 aromatic carbocycles. The Morgan fingerprint density at radius 1 is 1.64 bits per heavy atom. The summed E-state index contributed by atoms with van der Waals surface area (Å²) >= 11 is 17.1. The zero-order valence-electron chi connectivity index (χ0n) is 7.65. The minimum Gasteiger partial charge on any atom is -0.376 e. The molecule has 14 heavy (non-hydrogen) atoms. The van der Waals surface area contributed by atoms with Crippen molar-refractivity contribution < 1.29 is 9.53 Å². The molecular weight excluding hydrogens is 246 g/mol. The average molecular weight is 257 g/mol. The smallest absolute Gasteiger partial charge is 0.232 e. The SMILES string of the molecule is CC1(COCC([C]=O)=CCl)CC1(Cl)Cl. The van der Waals surface area contributed by atoms with Crippen LogP contribution in [0.15, 0.2) is 11.1 Å². The Morgan fingerprint density at radius 2 is 2.21 bits per heavy atom. The Labute approximate surface area is 98.1 Å². The van der Waals surface area contributed by atoms with Gasteiger partial charge in [0, 0.05) is 16.5 Å². The second-order valence-electron chi connectivity index (χ2n) is 3.67. The van der Waals surface area contributed by atoms with E-state index in [1.807, 2.05) is 6.92 Å². The van der Waals surface area contributed by atoms with Crippen LogP contribution in [0.25, 0.3) is 0 Å². The van der Waals surface area contributed by atoms with Crippen LogP contribution in [0.1, 0.15) is 13.3 Å². The zero-order valence-corrected chi connectivity index (χ0v) is 9.92.